The Morgan fingerprint density at radius 1 is 0.925 bits per heavy atom. The average Bonchev–Trinajstić information content (AvgIpc) is 3.78. The van der Waals surface area contributed by atoms with E-state index in [4.69, 9.17) is 0 Å². The first-order valence-electron chi connectivity index (χ1n) is 18.8. The van der Waals surface area contributed by atoms with Crippen LogP contribution in [0.2, 0.25) is 0 Å². The van der Waals surface area contributed by atoms with Crippen molar-refractivity contribution in [3.63, 3.8) is 0 Å². The van der Waals surface area contributed by atoms with Crippen molar-refractivity contribution in [1.29, 1.82) is 0 Å². The summed E-state index contributed by atoms with van der Waals surface area (Å²) in [5.74, 6) is -3.26. The van der Waals surface area contributed by atoms with Gasteiger partial charge in [-0.3, -0.25) is 33.7 Å². The summed E-state index contributed by atoms with van der Waals surface area (Å²) < 4.78 is 0. The third-order valence-electron chi connectivity index (χ3n) is 10.6. The van der Waals surface area contributed by atoms with Crippen molar-refractivity contribution in [2.45, 2.75) is 112 Å². The minimum absolute atomic E-state index is 0.0149. The number of likely N-dealkylation sites (tertiary alicyclic amines) is 1. The van der Waals surface area contributed by atoms with Gasteiger partial charge in [-0.05, 0) is 53.1 Å². The van der Waals surface area contributed by atoms with E-state index in [1.807, 2.05) is 55.4 Å². The van der Waals surface area contributed by atoms with E-state index in [0.717, 1.165) is 12.8 Å². The van der Waals surface area contributed by atoms with E-state index in [9.17, 15) is 33.6 Å². The number of hydrogen-bond donors (Lipinski definition) is 4. The molecule has 4 rings (SSSR count). The number of fused-ring (bicyclic) bond motifs is 1. The second kappa shape index (κ2) is 16.6. The Kier molecular flexibility index (Phi) is 12.9. The molecule has 7 amide bonds. The molecule has 5 atom stereocenters. The lowest BCUT2D eigenvalue weighted by atomic mass is 9.84. The van der Waals surface area contributed by atoms with Gasteiger partial charge in [0.2, 0.25) is 23.5 Å². The number of nitrogens with one attached hydrogen (secondary N) is 4. The van der Waals surface area contributed by atoms with Gasteiger partial charge < -0.3 is 26.2 Å². The van der Waals surface area contributed by atoms with E-state index in [0.29, 0.717) is 24.0 Å². The summed E-state index contributed by atoms with van der Waals surface area (Å²) in [4.78, 5) is 97.4. The van der Waals surface area contributed by atoms with Crippen molar-refractivity contribution in [2.75, 3.05) is 19.6 Å². The van der Waals surface area contributed by atoms with Gasteiger partial charge >= 0.3 is 6.03 Å². The number of ketones is 1. The molecule has 2 aliphatic heterocycles. The van der Waals surface area contributed by atoms with Gasteiger partial charge in [0.25, 0.3) is 11.8 Å². The number of Topliss-reactive ketones (excluding diaryl/α,β-unsaturated/α-hetero) is 1. The molecule has 2 fully saturated rings. The van der Waals surface area contributed by atoms with Gasteiger partial charge in [-0.1, -0.05) is 92.5 Å². The molecule has 0 aromatic heterocycles. The number of benzene rings is 1. The van der Waals surface area contributed by atoms with Crippen LogP contribution in [0, 0.1) is 28.6 Å². The van der Waals surface area contributed by atoms with Crippen LogP contribution >= 0.6 is 0 Å². The number of nitrogens with zero attached hydrogens (tertiary/aromatic N) is 2. The minimum atomic E-state index is -1.07. The van der Waals surface area contributed by atoms with Crippen LogP contribution in [0.3, 0.4) is 0 Å². The zero-order valence-corrected chi connectivity index (χ0v) is 32.5. The fourth-order valence-electron chi connectivity index (χ4n) is 7.13. The maximum atomic E-state index is 14.5. The highest BCUT2D eigenvalue weighted by atomic mass is 16.2. The maximum absolute atomic E-state index is 14.5. The number of urea groups is 1. The summed E-state index contributed by atoms with van der Waals surface area (Å²) in [7, 11) is 0. The Bertz CT molecular complexity index is 1600. The summed E-state index contributed by atoms with van der Waals surface area (Å²) in [6.45, 7) is 19.0. The second-order valence-electron chi connectivity index (χ2n) is 17.3. The van der Waals surface area contributed by atoms with Crippen LogP contribution in [0.5, 0.6) is 0 Å². The summed E-state index contributed by atoms with van der Waals surface area (Å²) in [6, 6.07) is 2.62. The Morgan fingerprint density at radius 3 is 2.17 bits per heavy atom. The van der Waals surface area contributed by atoms with E-state index in [2.05, 4.69) is 27.8 Å². The number of rotatable bonds is 14. The van der Waals surface area contributed by atoms with Gasteiger partial charge in [-0.25, -0.2) is 4.79 Å². The molecule has 0 bridgehead atoms. The van der Waals surface area contributed by atoms with E-state index >= 15 is 0 Å². The van der Waals surface area contributed by atoms with E-state index < -0.39 is 70.4 Å². The molecule has 2 heterocycles. The topological polar surface area (TPSA) is 174 Å². The third-order valence-corrected chi connectivity index (χ3v) is 10.6. The molecule has 1 saturated carbocycles. The van der Waals surface area contributed by atoms with Crippen LogP contribution in [0.1, 0.15) is 97.0 Å². The van der Waals surface area contributed by atoms with Crippen LogP contribution < -0.4 is 21.3 Å². The fourth-order valence-corrected chi connectivity index (χ4v) is 7.13. The summed E-state index contributed by atoms with van der Waals surface area (Å²) in [5, 5.41) is 11.1. The Balaban J connectivity index is 1.53. The molecule has 1 aromatic carbocycles. The first kappa shape index (κ1) is 41.2. The first-order chi connectivity index (χ1) is 24.7. The van der Waals surface area contributed by atoms with Gasteiger partial charge in [0.15, 0.2) is 0 Å². The molecule has 290 valence electrons. The number of carbonyl (C=O) groups is 7. The van der Waals surface area contributed by atoms with Gasteiger partial charge in [0, 0.05) is 25.2 Å². The van der Waals surface area contributed by atoms with E-state index in [-0.39, 0.29) is 49.7 Å². The molecular weight excluding hydrogens is 676 g/mol. The largest absolute Gasteiger partial charge is 0.346 e. The highest BCUT2D eigenvalue weighted by Crippen LogP contribution is 2.36. The van der Waals surface area contributed by atoms with Crippen molar-refractivity contribution in [3.8, 4) is 0 Å². The lowest BCUT2D eigenvalue weighted by Crippen LogP contribution is -2.63. The van der Waals surface area contributed by atoms with Crippen LogP contribution in [-0.4, -0.2) is 95.0 Å². The Morgan fingerprint density at radius 2 is 1.58 bits per heavy atom. The quantitative estimate of drug-likeness (QED) is 0.129. The molecule has 13 nitrogen and oxygen atoms in total. The molecule has 4 N–H and O–H groups in total. The normalized spacial score (nSPS) is 20.6. The fraction of sp³-hybridized carbons (Fsp3) is 0.625. The van der Waals surface area contributed by atoms with Gasteiger partial charge in [0.1, 0.15) is 12.1 Å². The molecule has 1 aromatic rings. The lowest BCUT2D eigenvalue weighted by molar-refractivity contribution is -0.144. The summed E-state index contributed by atoms with van der Waals surface area (Å²) in [5.41, 5.74) is -0.268. The van der Waals surface area contributed by atoms with E-state index in [1.165, 1.54) is 15.9 Å². The number of hydrogen-bond acceptors (Lipinski definition) is 7. The molecule has 3 aliphatic rings. The molecule has 53 heavy (non-hydrogen) atoms. The monoisotopic (exact) mass is 734 g/mol. The van der Waals surface area contributed by atoms with Crippen LogP contribution in [0.15, 0.2) is 36.9 Å². The number of imide groups is 1. The molecule has 1 unspecified atom stereocenters. The second-order valence-corrected chi connectivity index (χ2v) is 17.3. The van der Waals surface area contributed by atoms with Crippen LogP contribution in [0.25, 0.3) is 0 Å². The first-order valence-corrected chi connectivity index (χ1v) is 18.8. The number of amides is 7. The zero-order valence-electron chi connectivity index (χ0n) is 32.5. The smallest absolute Gasteiger partial charge is 0.315 e. The van der Waals surface area contributed by atoms with Crippen molar-refractivity contribution in [3.05, 3.63) is 48.0 Å². The van der Waals surface area contributed by atoms with Crippen molar-refractivity contribution < 1.29 is 33.6 Å². The Hall–Kier alpha value is -4.55. The predicted molar refractivity (Wildman–Crippen MR) is 200 cm³/mol. The van der Waals surface area contributed by atoms with Crippen molar-refractivity contribution in [2.24, 2.45) is 28.6 Å². The van der Waals surface area contributed by atoms with Crippen LogP contribution in [-0.2, 0) is 30.4 Å². The minimum Gasteiger partial charge on any atom is -0.346 e. The predicted octanol–water partition coefficient (Wildman–Crippen LogP) is 3.37. The maximum Gasteiger partial charge on any atom is 0.315 e. The highest BCUT2D eigenvalue weighted by molar-refractivity contribution is 6.38. The SMILES string of the molecule is C=CCNC(=O)C(=O)C(CC1CC1)NC(=O)[C@@H]1[C@@H](C(C)C)CCN1C(=O)[C@@H](NC(=O)N[C@H](CN1C(=O)Cc2ccccc2C1=O)C(C)(C)C)C(C)(C)C. The zero-order chi connectivity index (χ0) is 39.4. The summed E-state index contributed by atoms with van der Waals surface area (Å²) >= 11 is 0. The number of carbonyl (C=O) groups excluding carboxylic acids is 7. The Labute approximate surface area is 313 Å². The lowest BCUT2D eigenvalue weighted by Gasteiger charge is -2.39. The molecule has 13 heteroatoms. The average molecular weight is 735 g/mol. The highest BCUT2D eigenvalue weighted by Gasteiger charge is 2.48. The molecule has 1 aliphatic carbocycles. The molecular formula is C40H58N6O7. The third kappa shape index (κ3) is 10.1. The molecule has 1 saturated heterocycles. The molecule has 0 radical (unpaired) electrons. The summed E-state index contributed by atoms with van der Waals surface area (Å²) in [6.07, 6.45) is 4.23. The van der Waals surface area contributed by atoms with Crippen molar-refractivity contribution in [1.82, 2.24) is 31.1 Å². The van der Waals surface area contributed by atoms with E-state index in [1.54, 1.807) is 24.3 Å². The van der Waals surface area contributed by atoms with Crippen molar-refractivity contribution >= 4 is 41.4 Å². The molecule has 0 spiro atoms. The van der Waals surface area contributed by atoms with Gasteiger partial charge in [-0.2, -0.15) is 0 Å². The standard InChI is InChI=1S/C40H58N6O7/c1-10-18-41-35(50)32(48)28(20-24-15-16-24)42-34(49)31-26(23(2)3)17-19-45(31)37(52)33(40(7,8)9)44-38(53)43-29(39(4,5)6)22-46-30(47)21-25-13-11-12-14-27(25)36(46)51/h10-14,23-24,26,28-29,31,33H,1,15-22H2,2-9H3,(H,41,50)(H,42,49)(H2,43,44,53)/t26-,28?,29-,31+,33-/m1/s1. The van der Waals surface area contributed by atoms with Crippen LogP contribution in [0.4, 0.5) is 4.79 Å². The van der Waals surface area contributed by atoms with Gasteiger partial charge in [0.05, 0.1) is 18.5 Å². The van der Waals surface area contributed by atoms with Gasteiger partial charge in [-0.15, -0.1) is 6.58 Å².